The molecule has 2 aromatic rings. The van der Waals surface area contributed by atoms with E-state index in [1.807, 2.05) is 25.2 Å². The van der Waals surface area contributed by atoms with Crippen molar-refractivity contribution in [3.63, 3.8) is 0 Å². The standard InChI is InChI=1S/C19H24ClN/c1-14(2)12-15-8-10-16(11-9-15)19(21-3)13-17-6-4-5-7-18(17)20/h4-11,14,19,21H,12-13H2,1-3H3. The number of hydrogen-bond acceptors (Lipinski definition) is 1. The molecule has 1 unspecified atom stereocenters. The summed E-state index contributed by atoms with van der Waals surface area (Å²) in [7, 11) is 2.00. The molecule has 112 valence electrons. The summed E-state index contributed by atoms with van der Waals surface area (Å²) in [6, 6.07) is 17.3. The van der Waals surface area contributed by atoms with E-state index >= 15 is 0 Å². The van der Waals surface area contributed by atoms with Gasteiger partial charge in [0.15, 0.2) is 0 Å². The average molecular weight is 302 g/mol. The monoisotopic (exact) mass is 301 g/mol. The second kappa shape index (κ2) is 7.63. The zero-order chi connectivity index (χ0) is 15.2. The first-order valence-corrected chi connectivity index (χ1v) is 7.97. The van der Waals surface area contributed by atoms with Gasteiger partial charge in [0.05, 0.1) is 0 Å². The molecule has 0 heterocycles. The van der Waals surface area contributed by atoms with Crippen LogP contribution in [-0.4, -0.2) is 7.05 Å². The van der Waals surface area contributed by atoms with Crippen LogP contribution in [0.15, 0.2) is 48.5 Å². The van der Waals surface area contributed by atoms with E-state index in [0.717, 1.165) is 17.9 Å². The fourth-order valence-corrected chi connectivity index (χ4v) is 2.84. The van der Waals surface area contributed by atoms with Gasteiger partial charge in [-0.05, 0) is 48.6 Å². The van der Waals surface area contributed by atoms with Crippen molar-refractivity contribution < 1.29 is 0 Å². The molecule has 1 atom stereocenters. The molecule has 1 nitrogen and oxygen atoms in total. The Balaban J connectivity index is 2.12. The maximum atomic E-state index is 6.27. The molecule has 2 heteroatoms. The van der Waals surface area contributed by atoms with Crippen molar-refractivity contribution in [2.45, 2.75) is 32.7 Å². The Morgan fingerprint density at radius 1 is 0.952 bits per heavy atom. The van der Waals surface area contributed by atoms with E-state index in [4.69, 9.17) is 11.6 Å². The van der Waals surface area contributed by atoms with Crippen LogP contribution in [0.5, 0.6) is 0 Å². The Kier molecular flexibility index (Phi) is 5.84. The fourth-order valence-electron chi connectivity index (χ4n) is 2.63. The second-order valence-corrected chi connectivity index (χ2v) is 6.38. The van der Waals surface area contributed by atoms with Gasteiger partial charge in [0, 0.05) is 11.1 Å². The van der Waals surface area contributed by atoms with E-state index in [1.54, 1.807) is 0 Å². The first-order chi connectivity index (χ1) is 10.1. The van der Waals surface area contributed by atoms with Gasteiger partial charge in [-0.25, -0.2) is 0 Å². The normalized spacial score (nSPS) is 12.6. The van der Waals surface area contributed by atoms with Gasteiger partial charge in [0.25, 0.3) is 0 Å². The first-order valence-electron chi connectivity index (χ1n) is 7.59. The van der Waals surface area contributed by atoms with Crippen molar-refractivity contribution in [1.82, 2.24) is 5.32 Å². The molecular formula is C19H24ClN. The minimum absolute atomic E-state index is 0.290. The summed E-state index contributed by atoms with van der Waals surface area (Å²) >= 11 is 6.27. The van der Waals surface area contributed by atoms with Crippen molar-refractivity contribution in [3.05, 3.63) is 70.2 Å². The molecule has 1 N–H and O–H groups in total. The third-order valence-corrected chi connectivity index (χ3v) is 4.13. The van der Waals surface area contributed by atoms with Crippen molar-refractivity contribution in [2.75, 3.05) is 7.05 Å². The van der Waals surface area contributed by atoms with E-state index in [1.165, 1.54) is 16.7 Å². The third kappa shape index (κ3) is 4.59. The Hall–Kier alpha value is -1.31. The summed E-state index contributed by atoms with van der Waals surface area (Å²) in [6.45, 7) is 4.50. The lowest BCUT2D eigenvalue weighted by Crippen LogP contribution is -2.19. The van der Waals surface area contributed by atoms with Crippen molar-refractivity contribution in [3.8, 4) is 0 Å². The summed E-state index contributed by atoms with van der Waals surface area (Å²) in [5, 5.41) is 4.24. The maximum absolute atomic E-state index is 6.27. The van der Waals surface area contributed by atoms with Gasteiger partial charge in [-0.15, -0.1) is 0 Å². The van der Waals surface area contributed by atoms with E-state index in [0.29, 0.717) is 5.92 Å². The first kappa shape index (κ1) is 16.1. The van der Waals surface area contributed by atoms with E-state index in [9.17, 15) is 0 Å². The van der Waals surface area contributed by atoms with E-state index in [-0.39, 0.29) is 6.04 Å². The number of hydrogen-bond donors (Lipinski definition) is 1. The number of rotatable bonds is 6. The molecule has 0 saturated carbocycles. The lowest BCUT2D eigenvalue weighted by molar-refractivity contribution is 0.591. The van der Waals surface area contributed by atoms with Crippen LogP contribution in [0, 0.1) is 5.92 Å². The number of nitrogens with one attached hydrogen (secondary N) is 1. The van der Waals surface area contributed by atoms with Gasteiger partial charge < -0.3 is 5.32 Å². The maximum Gasteiger partial charge on any atom is 0.0438 e. The second-order valence-electron chi connectivity index (χ2n) is 5.98. The smallest absolute Gasteiger partial charge is 0.0438 e. The van der Waals surface area contributed by atoms with Crippen molar-refractivity contribution in [1.29, 1.82) is 0 Å². The number of likely N-dealkylation sites (N-methyl/N-ethyl adjacent to an activating group) is 1. The Morgan fingerprint density at radius 3 is 2.19 bits per heavy atom. The van der Waals surface area contributed by atoms with Gasteiger partial charge in [-0.2, -0.15) is 0 Å². The zero-order valence-electron chi connectivity index (χ0n) is 13.1. The van der Waals surface area contributed by atoms with Crippen LogP contribution < -0.4 is 5.32 Å². The predicted octanol–water partition coefficient (Wildman–Crippen LogP) is 5.04. The SMILES string of the molecule is CNC(Cc1ccccc1Cl)c1ccc(CC(C)C)cc1. The molecule has 0 aliphatic heterocycles. The molecule has 0 aliphatic carbocycles. The van der Waals surface area contributed by atoms with Gasteiger partial charge in [0.2, 0.25) is 0 Å². The van der Waals surface area contributed by atoms with Crippen LogP contribution >= 0.6 is 11.6 Å². The quantitative estimate of drug-likeness (QED) is 0.788. The largest absolute Gasteiger partial charge is 0.313 e. The predicted molar refractivity (Wildman–Crippen MR) is 91.9 cm³/mol. The highest BCUT2D eigenvalue weighted by Gasteiger charge is 2.12. The molecule has 0 saturated heterocycles. The highest BCUT2D eigenvalue weighted by Crippen LogP contribution is 2.24. The molecule has 0 bridgehead atoms. The van der Waals surface area contributed by atoms with Crippen LogP contribution in [0.4, 0.5) is 0 Å². The molecule has 0 fully saturated rings. The van der Waals surface area contributed by atoms with Gasteiger partial charge in [0.1, 0.15) is 0 Å². The highest BCUT2D eigenvalue weighted by molar-refractivity contribution is 6.31. The minimum atomic E-state index is 0.290. The van der Waals surface area contributed by atoms with Gasteiger partial charge >= 0.3 is 0 Å². The minimum Gasteiger partial charge on any atom is -0.313 e. The summed E-state index contributed by atoms with van der Waals surface area (Å²) in [5.74, 6) is 0.694. The fraction of sp³-hybridized carbons (Fsp3) is 0.368. The Morgan fingerprint density at radius 2 is 1.62 bits per heavy atom. The van der Waals surface area contributed by atoms with E-state index < -0.39 is 0 Å². The molecule has 2 rings (SSSR count). The number of benzene rings is 2. The summed E-state index contributed by atoms with van der Waals surface area (Å²) in [4.78, 5) is 0. The average Bonchev–Trinajstić information content (AvgIpc) is 2.47. The van der Waals surface area contributed by atoms with Crippen molar-refractivity contribution in [2.24, 2.45) is 5.92 Å². The molecule has 0 radical (unpaired) electrons. The Bertz CT molecular complexity index is 560. The van der Waals surface area contributed by atoms with E-state index in [2.05, 4.69) is 49.5 Å². The molecule has 2 aromatic carbocycles. The lowest BCUT2D eigenvalue weighted by Gasteiger charge is -2.18. The molecule has 21 heavy (non-hydrogen) atoms. The summed E-state index contributed by atoms with van der Waals surface area (Å²) < 4.78 is 0. The highest BCUT2D eigenvalue weighted by atomic mass is 35.5. The van der Waals surface area contributed by atoms with Crippen LogP contribution in [0.3, 0.4) is 0 Å². The summed E-state index contributed by atoms with van der Waals surface area (Å²) in [5.41, 5.74) is 3.90. The number of halogens is 1. The van der Waals surface area contributed by atoms with Gasteiger partial charge in [-0.3, -0.25) is 0 Å². The lowest BCUT2D eigenvalue weighted by atomic mass is 9.96. The molecule has 0 aliphatic rings. The zero-order valence-corrected chi connectivity index (χ0v) is 13.8. The van der Waals surface area contributed by atoms with Crippen LogP contribution in [0.1, 0.15) is 36.6 Å². The van der Waals surface area contributed by atoms with Crippen LogP contribution in [0.25, 0.3) is 0 Å². The van der Waals surface area contributed by atoms with Gasteiger partial charge in [-0.1, -0.05) is 67.9 Å². The van der Waals surface area contributed by atoms with Crippen LogP contribution in [0.2, 0.25) is 5.02 Å². The molecule has 0 spiro atoms. The Labute approximate surface area is 133 Å². The summed E-state index contributed by atoms with van der Waals surface area (Å²) in [6.07, 6.45) is 2.04. The molecular weight excluding hydrogens is 278 g/mol. The molecule has 0 aromatic heterocycles. The van der Waals surface area contributed by atoms with Crippen LogP contribution in [-0.2, 0) is 12.8 Å². The molecule has 0 amide bonds. The third-order valence-electron chi connectivity index (χ3n) is 3.76. The topological polar surface area (TPSA) is 12.0 Å². The van der Waals surface area contributed by atoms with Crippen molar-refractivity contribution >= 4 is 11.6 Å².